The Kier molecular flexibility index (Phi) is 7.89. The molecule has 13 nitrogen and oxygen atoms in total. The van der Waals surface area contributed by atoms with Crippen molar-refractivity contribution < 1.29 is 56.9 Å². The predicted molar refractivity (Wildman–Crippen MR) is 99.7 cm³/mol. The average Bonchev–Trinajstić information content (AvgIpc) is 3.03. The van der Waals surface area contributed by atoms with E-state index in [1.165, 1.54) is 0 Å². The Hall–Kier alpha value is -3.51. The molecule has 1 fully saturated rings. The van der Waals surface area contributed by atoms with Crippen molar-refractivity contribution in [2.24, 2.45) is 0 Å². The van der Waals surface area contributed by atoms with Crippen molar-refractivity contribution >= 4 is 41.7 Å². The fourth-order valence-corrected chi connectivity index (χ4v) is 3.53. The fourth-order valence-electron chi connectivity index (χ4n) is 3.53. The summed E-state index contributed by atoms with van der Waals surface area (Å²) in [5.41, 5.74) is 0. The van der Waals surface area contributed by atoms with Gasteiger partial charge in [-0.2, -0.15) is 0 Å². The van der Waals surface area contributed by atoms with E-state index in [0.717, 1.165) is 39.7 Å². The van der Waals surface area contributed by atoms with E-state index in [4.69, 9.17) is 23.4 Å². The van der Waals surface area contributed by atoms with Crippen molar-refractivity contribution in [3.63, 3.8) is 0 Å². The number of carbonyl (C=O) groups is 6. The van der Waals surface area contributed by atoms with Crippen molar-refractivity contribution in [3.05, 3.63) is 0 Å². The van der Waals surface area contributed by atoms with E-state index in [2.05, 4.69) is 4.74 Å². The Balaban J connectivity index is 2.59. The smallest absolute Gasteiger partial charge is 0.431 e. The molecule has 0 aromatic rings. The zero-order valence-corrected chi connectivity index (χ0v) is 18.1. The largest absolute Gasteiger partial charge is 0.462 e. The molecule has 0 bridgehead atoms. The van der Waals surface area contributed by atoms with Gasteiger partial charge in [0.1, 0.15) is 19.1 Å². The molecular formula is C19H24NO12+. The van der Waals surface area contributed by atoms with Gasteiger partial charge in [0, 0.05) is 27.7 Å². The minimum absolute atomic E-state index is 0.210. The molecular weight excluding hydrogens is 434 g/mol. The Bertz CT molecular complexity index is 849. The summed E-state index contributed by atoms with van der Waals surface area (Å²) in [6.45, 7) is 3.83. The second-order valence-corrected chi connectivity index (χ2v) is 7.03. The van der Waals surface area contributed by atoms with E-state index >= 15 is 0 Å². The van der Waals surface area contributed by atoms with Gasteiger partial charge in [-0.25, -0.2) is 18.9 Å². The van der Waals surface area contributed by atoms with Gasteiger partial charge in [0.05, 0.1) is 7.11 Å². The molecule has 2 rings (SSSR count). The topological polar surface area (TPSA) is 163 Å². The van der Waals surface area contributed by atoms with Crippen LogP contribution in [0.15, 0.2) is 0 Å². The third-order valence-corrected chi connectivity index (χ3v) is 4.64. The van der Waals surface area contributed by atoms with Crippen molar-refractivity contribution in [1.29, 1.82) is 0 Å². The molecule has 2 amide bonds. The highest BCUT2D eigenvalue weighted by Gasteiger charge is 2.63. The minimum Gasteiger partial charge on any atom is -0.462 e. The summed E-state index contributed by atoms with van der Waals surface area (Å²) < 4.78 is 31.0. The molecule has 1 unspecified atom stereocenters. The summed E-state index contributed by atoms with van der Waals surface area (Å²) in [7, 11) is 1.11. The standard InChI is InChI=1S/C19H24NO12/c1-8(21)20-15-12(32-19(20)26)6-13(18(25)27-5)31-17(15)16(30-11(4)24)14(29-10(3)23)7-28-9(2)22/h12,14-17H,6-7H2,1-5H3/q+1/t12-,14-,15-,16-,17?/m1/s1. The first kappa shape index (κ1) is 24.8. The molecule has 32 heavy (non-hydrogen) atoms. The Morgan fingerprint density at radius 3 is 2.19 bits per heavy atom. The van der Waals surface area contributed by atoms with Crippen LogP contribution in [0.3, 0.4) is 0 Å². The summed E-state index contributed by atoms with van der Waals surface area (Å²) in [6.07, 6.45) is -6.55. The number of nitrogens with zero attached hydrogens (tertiary/aromatic N) is 1. The average molecular weight is 458 g/mol. The van der Waals surface area contributed by atoms with Gasteiger partial charge in [0.2, 0.25) is 12.0 Å². The van der Waals surface area contributed by atoms with Crippen molar-refractivity contribution in [3.8, 4) is 0 Å². The van der Waals surface area contributed by atoms with Crippen molar-refractivity contribution in [1.82, 2.24) is 4.90 Å². The molecule has 0 aliphatic carbocycles. The van der Waals surface area contributed by atoms with E-state index < -0.39 is 72.9 Å². The third-order valence-electron chi connectivity index (χ3n) is 4.64. The van der Waals surface area contributed by atoms with Crippen LogP contribution < -0.4 is 0 Å². The van der Waals surface area contributed by atoms with Gasteiger partial charge in [-0.05, 0) is 0 Å². The van der Waals surface area contributed by atoms with Crippen LogP contribution in [0, 0.1) is 0 Å². The van der Waals surface area contributed by atoms with Crippen LogP contribution in [0.1, 0.15) is 34.1 Å². The van der Waals surface area contributed by atoms with Gasteiger partial charge < -0.3 is 23.7 Å². The second kappa shape index (κ2) is 10.2. The lowest BCUT2D eigenvalue weighted by Gasteiger charge is -2.31. The number of amides is 2. The summed E-state index contributed by atoms with van der Waals surface area (Å²) in [4.78, 5) is 72.2. The number of esters is 4. The fraction of sp³-hybridized carbons (Fsp3) is 0.632. The predicted octanol–water partition coefficient (Wildman–Crippen LogP) is -0.801. The summed E-state index contributed by atoms with van der Waals surface area (Å²) >= 11 is 0. The molecule has 0 spiro atoms. The van der Waals surface area contributed by atoms with Crippen LogP contribution >= 0.6 is 0 Å². The maximum Gasteiger partial charge on any atom is 0.431 e. The lowest BCUT2D eigenvalue weighted by molar-refractivity contribution is -0.533. The second-order valence-electron chi connectivity index (χ2n) is 7.03. The van der Waals surface area contributed by atoms with E-state index in [0.29, 0.717) is 0 Å². The normalized spacial score (nSPS) is 23.7. The molecule has 2 aliphatic heterocycles. The Labute approximate surface area is 182 Å². The first-order chi connectivity index (χ1) is 15.0. The van der Waals surface area contributed by atoms with Crippen LogP contribution in [0.25, 0.3) is 0 Å². The summed E-state index contributed by atoms with van der Waals surface area (Å²) in [5.74, 6) is -4.17. The number of methoxy groups -OCH3 is 1. The number of ketones is 1. The van der Waals surface area contributed by atoms with Gasteiger partial charge in [0.25, 0.3) is 0 Å². The number of hydrogen-bond acceptors (Lipinski definition) is 11. The van der Waals surface area contributed by atoms with Crippen LogP contribution in [0.5, 0.6) is 0 Å². The molecule has 176 valence electrons. The molecule has 0 N–H and O–H groups in total. The van der Waals surface area contributed by atoms with Gasteiger partial charge in [0.15, 0.2) is 12.1 Å². The van der Waals surface area contributed by atoms with Gasteiger partial charge in [-0.15, -0.1) is 0 Å². The molecule has 0 aromatic carbocycles. The number of fused-ring (bicyclic) bond motifs is 1. The van der Waals surface area contributed by atoms with E-state index in [9.17, 15) is 28.8 Å². The van der Waals surface area contributed by atoms with Crippen LogP contribution in [0.4, 0.5) is 4.79 Å². The highest BCUT2D eigenvalue weighted by atomic mass is 16.6. The molecule has 0 saturated carbocycles. The minimum atomic E-state index is -1.50. The monoisotopic (exact) mass is 458 g/mol. The Morgan fingerprint density at radius 1 is 1.06 bits per heavy atom. The quantitative estimate of drug-likeness (QED) is 0.203. The van der Waals surface area contributed by atoms with Crippen molar-refractivity contribution in [2.75, 3.05) is 13.7 Å². The molecule has 1 saturated heterocycles. The number of imide groups is 1. The molecule has 2 heterocycles. The van der Waals surface area contributed by atoms with Gasteiger partial charge in [-0.3, -0.25) is 19.2 Å². The van der Waals surface area contributed by atoms with Crippen molar-refractivity contribution in [2.45, 2.75) is 64.6 Å². The van der Waals surface area contributed by atoms with E-state index in [-0.39, 0.29) is 12.2 Å². The SMILES string of the molecule is COC(=O)C1=[O+]C([C@H](OC(C)=O)[C@@H](COC(C)=O)OC(C)=O)[C@H]2[C@@H](C1)OC(=O)N2C(C)=O. The summed E-state index contributed by atoms with van der Waals surface area (Å²) in [6, 6.07) is -1.15. The van der Waals surface area contributed by atoms with Gasteiger partial charge in [-0.1, -0.05) is 0 Å². The van der Waals surface area contributed by atoms with Gasteiger partial charge >= 0.3 is 41.9 Å². The lowest BCUT2D eigenvalue weighted by atomic mass is 9.91. The molecule has 0 aromatic heterocycles. The first-order valence-corrected chi connectivity index (χ1v) is 9.55. The number of ether oxygens (including phenoxy) is 5. The van der Waals surface area contributed by atoms with Crippen LogP contribution in [-0.2, 0) is 52.1 Å². The van der Waals surface area contributed by atoms with Crippen LogP contribution in [0.2, 0.25) is 0 Å². The zero-order chi connectivity index (χ0) is 24.2. The molecule has 13 heteroatoms. The van der Waals surface area contributed by atoms with E-state index in [1.54, 1.807) is 0 Å². The summed E-state index contributed by atoms with van der Waals surface area (Å²) in [5, 5.41) is 0. The molecule has 5 atom stereocenters. The third kappa shape index (κ3) is 5.59. The number of rotatable bonds is 7. The first-order valence-electron chi connectivity index (χ1n) is 9.55. The maximum absolute atomic E-state index is 12.3. The molecule has 0 radical (unpaired) electrons. The number of carbonyl (C=O) groups excluding carboxylic acids is 7. The zero-order valence-electron chi connectivity index (χ0n) is 18.1. The molecule has 2 aliphatic rings. The lowest BCUT2D eigenvalue weighted by Crippen LogP contribution is -2.60. The highest BCUT2D eigenvalue weighted by Crippen LogP contribution is 2.32. The number of hydrogen-bond donors (Lipinski definition) is 0. The Morgan fingerprint density at radius 2 is 1.69 bits per heavy atom. The van der Waals surface area contributed by atoms with E-state index in [1.807, 2.05) is 0 Å². The maximum atomic E-state index is 12.3. The van der Waals surface area contributed by atoms with Crippen LogP contribution in [-0.4, -0.2) is 90.7 Å². The highest BCUT2D eigenvalue weighted by molar-refractivity contribution is 6.34.